The summed E-state index contributed by atoms with van der Waals surface area (Å²) in [5, 5.41) is 1.99. The van der Waals surface area contributed by atoms with Gasteiger partial charge in [0, 0.05) is 31.9 Å². The van der Waals surface area contributed by atoms with Crippen LogP contribution in [0, 0.1) is 6.92 Å². The quantitative estimate of drug-likeness (QED) is 0.779. The van der Waals surface area contributed by atoms with Crippen LogP contribution in [0.3, 0.4) is 0 Å². The van der Waals surface area contributed by atoms with Gasteiger partial charge >= 0.3 is 0 Å². The summed E-state index contributed by atoms with van der Waals surface area (Å²) in [5.41, 5.74) is 2.63. The van der Waals surface area contributed by atoms with Gasteiger partial charge in [-0.1, -0.05) is 17.7 Å². The summed E-state index contributed by atoms with van der Waals surface area (Å²) >= 11 is 1.94. The summed E-state index contributed by atoms with van der Waals surface area (Å²) in [5.74, 6) is 0. The number of aryl methyl sites for hydroxylation is 1. The minimum atomic E-state index is 0.969. The molecule has 1 aliphatic heterocycles. The van der Waals surface area contributed by atoms with Crippen LogP contribution in [0.15, 0.2) is 24.3 Å². The predicted molar refractivity (Wildman–Crippen MR) is 70.1 cm³/mol. The molecule has 0 unspecified atom stereocenters. The molecule has 0 amide bonds. The van der Waals surface area contributed by atoms with Gasteiger partial charge in [-0.15, -0.1) is 0 Å². The number of benzene rings is 1. The Bertz CT molecular complexity index is 307. The lowest BCUT2D eigenvalue weighted by molar-refractivity contribution is -0.0146. The molecule has 1 aromatic rings. The number of rotatable bonds is 2. The summed E-state index contributed by atoms with van der Waals surface area (Å²) in [6.45, 7) is 6.12. The molecule has 15 heavy (non-hydrogen) atoms. The van der Waals surface area contributed by atoms with Crippen LogP contribution >= 0.6 is 23.0 Å². The Kier molecular flexibility index (Phi) is 3.82. The van der Waals surface area contributed by atoms with Gasteiger partial charge in [-0.3, -0.25) is 0 Å². The SMILES string of the molecule is Cc1ccc(N2CCN(OI)CC2)cc1. The van der Waals surface area contributed by atoms with E-state index in [1.807, 2.05) is 28.1 Å². The van der Waals surface area contributed by atoms with Gasteiger partial charge in [0.1, 0.15) is 23.0 Å². The highest BCUT2D eigenvalue weighted by Gasteiger charge is 2.16. The van der Waals surface area contributed by atoms with Crippen LogP contribution in [0.1, 0.15) is 5.56 Å². The lowest BCUT2D eigenvalue weighted by Gasteiger charge is -2.33. The third kappa shape index (κ3) is 2.83. The number of hydrogen-bond acceptors (Lipinski definition) is 3. The predicted octanol–water partition coefficient (Wildman–Crippen LogP) is 2.40. The molecule has 0 radical (unpaired) electrons. The minimum absolute atomic E-state index is 0.969. The first kappa shape index (κ1) is 11.2. The summed E-state index contributed by atoms with van der Waals surface area (Å²) in [7, 11) is 0. The molecule has 0 aliphatic carbocycles. The first-order valence-electron chi connectivity index (χ1n) is 5.15. The Morgan fingerprint density at radius 3 is 2.20 bits per heavy atom. The Morgan fingerprint density at radius 2 is 1.67 bits per heavy atom. The van der Waals surface area contributed by atoms with Gasteiger partial charge in [0.15, 0.2) is 0 Å². The number of halogens is 1. The van der Waals surface area contributed by atoms with Crippen molar-refractivity contribution in [1.29, 1.82) is 0 Å². The summed E-state index contributed by atoms with van der Waals surface area (Å²) in [6, 6.07) is 8.71. The molecule has 2 rings (SSSR count). The van der Waals surface area contributed by atoms with Gasteiger partial charge < -0.3 is 4.90 Å². The molecule has 0 N–H and O–H groups in total. The van der Waals surface area contributed by atoms with E-state index in [-0.39, 0.29) is 0 Å². The molecular formula is C11H15IN2O. The summed E-state index contributed by atoms with van der Waals surface area (Å²) < 4.78 is 5.17. The van der Waals surface area contributed by atoms with E-state index in [9.17, 15) is 0 Å². The molecular weight excluding hydrogens is 303 g/mol. The molecule has 1 fully saturated rings. The average Bonchev–Trinajstić information content (AvgIpc) is 2.30. The third-order valence-corrected chi connectivity index (χ3v) is 3.29. The molecule has 1 aromatic carbocycles. The van der Waals surface area contributed by atoms with Crippen molar-refractivity contribution in [2.45, 2.75) is 6.92 Å². The third-order valence-electron chi connectivity index (χ3n) is 2.74. The van der Waals surface area contributed by atoms with Gasteiger partial charge in [0.05, 0.1) is 0 Å². The minimum Gasteiger partial charge on any atom is -0.369 e. The molecule has 0 bridgehead atoms. The fraction of sp³-hybridized carbons (Fsp3) is 0.455. The van der Waals surface area contributed by atoms with Gasteiger partial charge in [-0.25, -0.2) is 3.17 Å². The normalized spacial score (nSPS) is 18.1. The van der Waals surface area contributed by atoms with Gasteiger partial charge in [0.25, 0.3) is 0 Å². The van der Waals surface area contributed by atoms with Gasteiger partial charge in [-0.2, -0.15) is 5.06 Å². The lowest BCUT2D eigenvalue weighted by Crippen LogP contribution is -2.45. The summed E-state index contributed by atoms with van der Waals surface area (Å²) in [6.07, 6.45) is 0. The van der Waals surface area contributed by atoms with E-state index >= 15 is 0 Å². The molecule has 4 heteroatoms. The second-order valence-corrected chi connectivity index (χ2v) is 4.21. The molecule has 0 saturated carbocycles. The second kappa shape index (κ2) is 5.14. The fourth-order valence-corrected chi connectivity index (χ4v) is 2.16. The van der Waals surface area contributed by atoms with Gasteiger partial charge in [0.2, 0.25) is 0 Å². The van der Waals surface area contributed by atoms with Crippen molar-refractivity contribution in [1.82, 2.24) is 5.06 Å². The lowest BCUT2D eigenvalue weighted by atomic mass is 10.2. The molecule has 1 saturated heterocycles. The van der Waals surface area contributed by atoms with Crippen molar-refractivity contribution in [2.24, 2.45) is 0 Å². The van der Waals surface area contributed by atoms with E-state index in [0.29, 0.717) is 0 Å². The van der Waals surface area contributed by atoms with Crippen molar-refractivity contribution >= 4 is 28.7 Å². The molecule has 3 nitrogen and oxygen atoms in total. The van der Waals surface area contributed by atoms with Crippen molar-refractivity contribution < 1.29 is 3.17 Å². The van der Waals surface area contributed by atoms with Crippen LogP contribution in [-0.2, 0) is 3.17 Å². The zero-order valence-corrected chi connectivity index (χ0v) is 11.0. The van der Waals surface area contributed by atoms with Crippen LogP contribution < -0.4 is 4.90 Å². The highest BCUT2D eigenvalue weighted by molar-refractivity contribution is 14.1. The second-order valence-electron chi connectivity index (χ2n) is 3.82. The zero-order valence-electron chi connectivity index (χ0n) is 8.82. The maximum absolute atomic E-state index is 5.17. The van der Waals surface area contributed by atoms with E-state index in [1.54, 1.807) is 0 Å². The number of anilines is 1. The highest BCUT2D eigenvalue weighted by Crippen LogP contribution is 2.17. The maximum Gasteiger partial charge on any atom is 0.137 e. The highest BCUT2D eigenvalue weighted by atomic mass is 127. The zero-order chi connectivity index (χ0) is 10.7. The monoisotopic (exact) mass is 318 g/mol. The van der Waals surface area contributed by atoms with Crippen molar-refractivity contribution in [3.63, 3.8) is 0 Å². The molecule has 0 aromatic heterocycles. The number of piperazine rings is 1. The van der Waals surface area contributed by atoms with E-state index in [2.05, 4.69) is 36.1 Å². The Hall–Kier alpha value is -0.330. The van der Waals surface area contributed by atoms with Gasteiger partial charge in [-0.05, 0) is 19.1 Å². The van der Waals surface area contributed by atoms with E-state index < -0.39 is 0 Å². The van der Waals surface area contributed by atoms with E-state index in [4.69, 9.17) is 3.17 Å². The number of nitrogens with zero attached hydrogens (tertiary/aromatic N) is 2. The summed E-state index contributed by atoms with van der Waals surface area (Å²) in [4.78, 5) is 2.39. The fourth-order valence-electron chi connectivity index (χ4n) is 1.77. The smallest absolute Gasteiger partial charge is 0.137 e. The standard InChI is InChI=1S/C11H15IN2O/c1-10-2-4-11(5-3-10)13-6-8-14(15-12)9-7-13/h2-5H,6-9H2,1H3. The van der Waals surface area contributed by atoms with E-state index in [1.165, 1.54) is 11.3 Å². The molecule has 0 atom stereocenters. The molecule has 1 heterocycles. The Labute approximate surface area is 105 Å². The Balaban J connectivity index is 1.98. The Morgan fingerprint density at radius 1 is 1.07 bits per heavy atom. The van der Waals surface area contributed by atoms with Crippen molar-refractivity contribution in [3.8, 4) is 0 Å². The van der Waals surface area contributed by atoms with Crippen LogP contribution in [0.25, 0.3) is 0 Å². The van der Waals surface area contributed by atoms with Crippen LogP contribution in [-0.4, -0.2) is 31.2 Å². The largest absolute Gasteiger partial charge is 0.369 e. The van der Waals surface area contributed by atoms with Crippen LogP contribution in [0.4, 0.5) is 5.69 Å². The van der Waals surface area contributed by atoms with Crippen molar-refractivity contribution in [3.05, 3.63) is 29.8 Å². The van der Waals surface area contributed by atoms with Crippen LogP contribution in [0.5, 0.6) is 0 Å². The number of hydroxylamine groups is 2. The molecule has 82 valence electrons. The first-order chi connectivity index (χ1) is 7.29. The topological polar surface area (TPSA) is 15.7 Å². The number of hydrogen-bond donors (Lipinski definition) is 0. The van der Waals surface area contributed by atoms with Crippen LogP contribution in [0.2, 0.25) is 0 Å². The van der Waals surface area contributed by atoms with Crippen molar-refractivity contribution in [2.75, 3.05) is 31.1 Å². The molecule has 1 aliphatic rings. The first-order valence-corrected chi connectivity index (χ1v) is 6.03. The average molecular weight is 318 g/mol. The molecule has 0 spiro atoms. The maximum atomic E-state index is 5.17. The van der Waals surface area contributed by atoms with E-state index in [0.717, 1.165) is 26.2 Å².